The molecular weight excluding hydrogens is 262 g/mol. The minimum atomic E-state index is -0.565. The van der Waals surface area contributed by atoms with Crippen molar-refractivity contribution in [3.63, 3.8) is 0 Å². The molecule has 0 aliphatic carbocycles. The number of nitrogens with zero attached hydrogens (tertiary/aromatic N) is 2. The number of aliphatic hydroxyl groups is 1. The maximum atomic E-state index is 10.4. The van der Waals surface area contributed by atoms with E-state index in [1.165, 1.54) is 0 Å². The highest BCUT2D eigenvalue weighted by Gasteiger charge is 2.23. The van der Waals surface area contributed by atoms with E-state index in [4.69, 9.17) is 0 Å². The van der Waals surface area contributed by atoms with E-state index in [1.807, 2.05) is 56.6 Å². The van der Waals surface area contributed by atoms with Gasteiger partial charge in [-0.3, -0.25) is 4.68 Å². The molecule has 0 aliphatic rings. The Bertz CT molecular complexity index is 610. The highest BCUT2D eigenvalue weighted by atomic mass is 16.3. The first-order chi connectivity index (χ1) is 10.3. The van der Waals surface area contributed by atoms with Crippen LogP contribution in [0.3, 0.4) is 0 Å². The van der Waals surface area contributed by atoms with Crippen LogP contribution < -0.4 is 5.32 Å². The number of hydrogen-bond donors (Lipinski definition) is 2. The van der Waals surface area contributed by atoms with Crippen LogP contribution in [0.1, 0.15) is 30.6 Å². The van der Waals surface area contributed by atoms with Crippen molar-refractivity contribution >= 4 is 0 Å². The largest absolute Gasteiger partial charge is 0.389 e. The zero-order valence-electron chi connectivity index (χ0n) is 12.5. The van der Waals surface area contributed by atoms with Gasteiger partial charge in [-0.15, -0.1) is 0 Å². The molecule has 0 aliphatic heterocycles. The van der Waals surface area contributed by atoms with Gasteiger partial charge in [-0.2, -0.15) is 5.10 Å². The maximum absolute atomic E-state index is 10.4. The van der Waals surface area contributed by atoms with Gasteiger partial charge in [0.15, 0.2) is 0 Å². The molecule has 110 valence electrons. The molecule has 0 saturated heterocycles. The van der Waals surface area contributed by atoms with Gasteiger partial charge >= 0.3 is 0 Å². The van der Waals surface area contributed by atoms with Crippen molar-refractivity contribution in [1.29, 1.82) is 0 Å². The number of rotatable bonds is 5. The molecule has 2 unspecified atom stereocenters. The summed E-state index contributed by atoms with van der Waals surface area (Å²) in [7, 11) is 1.83. The molecule has 1 aromatic heterocycles. The van der Waals surface area contributed by atoms with Crippen LogP contribution in [0, 0.1) is 11.8 Å². The van der Waals surface area contributed by atoms with E-state index < -0.39 is 6.10 Å². The Labute approximate surface area is 125 Å². The van der Waals surface area contributed by atoms with E-state index in [0.29, 0.717) is 6.54 Å². The highest BCUT2D eigenvalue weighted by molar-refractivity contribution is 5.27. The number of aliphatic hydroxyl groups excluding tert-OH is 1. The van der Waals surface area contributed by atoms with Gasteiger partial charge in [0, 0.05) is 19.2 Å². The molecule has 0 fully saturated rings. The molecular formula is C17H21N3O. The molecule has 0 spiro atoms. The van der Waals surface area contributed by atoms with E-state index in [9.17, 15) is 5.11 Å². The summed E-state index contributed by atoms with van der Waals surface area (Å²) in [6.45, 7) is 2.50. The van der Waals surface area contributed by atoms with E-state index in [2.05, 4.69) is 22.3 Å². The molecule has 2 N–H and O–H groups in total. The van der Waals surface area contributed by atoms with Crippen molar-refractivity contribution in [3.8, 4) is 11.8 Å². The van der Waals surface area contributed by atoms with Crippen LogP contribution in [0.25, 0.3) is 0 Å². The quantitative estimate of drug-likeness (QED) is 0.823. The third-order valence-electron chi connectivity index (χ3n) is 3.21. The van der Waals surface area contributed by atoms with Crippen molar-refractivity contribution in [2.75, 3.05) is 13.6 Å². The van der Waals surface area contributed by atoms with E-state index >= 15 is 0 Å². The number of hydrogen-bond acceptors (Lipinski definition) is 3. The Balaban J connectivity index is 2.33. The fraction of sp³-hybridized carbons (Fsp3) is 0.353. The van der Waals surface area contributed by atoms with Crippen LogP contribution in [0.15, 0.2) is 42.6 Å². The van der Waals surface area contributed by atoms with Gasteiger partial charge in [0.1, 0.15) is 11.7 Å². The summed E-state index contributed by atoms with van der Waals surface area (Å²) in [4.78, 5) is 0. The predicted molar refractivity (Wildman–Crippen MR) is 83.9 cm³/mol. The van der Waals surface area contributed by atoms with Crippen LogP contribution in [0.5, 0.6) is 0 Å². The molecule has 1 heterocycles. The molecule has 1 aromatic carbocycles. The second-order valence-corrected chi connectivity index (χ2v) is 4.82. The third-order valence-corrected chi connectivity index (χ3v) is 3.21. The van der Waals surface area contributed by atoms with Crippen molar-refractivity contribution in [2.24, 2.45) is 0 Å². The van der Waals surface area contributed by atoms with Crippen LogP contribution in [-0.4, -0.2) is 34.6 Å². The number of nitrogens with one attached hydrogen (secondary N) is 1. The fourth-order valence-corrected chi connectivity index (χ4v) is 2.26. The van der Waals surface area contributed by atoms with Gasteiger partial charge in [0.2, 0.25) is 0 Å². The monoisotopic (exact) mass is 283 g/mol. The summed E-state index contributed by atoms with van der Waals surface area (Å²) in [6, 6.07) is 11.6. The van der Waals surface area contributed by atoms with Gasteiger partial charge in [-0.05, 0) is 24.6 Å². The maximum Gasteiger partial charge on any atom is 0.135 e. The molecule has 0 amide bonds. The first kappa shape index (κ1) is 15.3. The second kappa shape index (κ2) is 7.63. The lowest BCUT2D eigenvalue weighted by Gasteiger charge is -2.23. The van der Waals surface area contributed by atoms with Crippen LogP contribution in [-0.2, 0) is 0 Å². The van der Waals surface area contributed by atoms with Gasteiger partial charge < -0.3 is 10.4 Å². The SMILES string of the molecule is CCC#Cc1ccn(C(c2ccccc2)C(O)CNC)n1. The zero-order chi connectivity index (χ0) is 15.1. The van der Waals surface area contributed by atoms with Gasteiger partial charge in [-0.1, -0.05) is 43.2 Å². The van der Waals surface area contributed by atoms with Gasteiger partial charge in [0.05, 0.1) is 6.10 Å². The van der Waals surface area contributed by atoms with Crippen molar-refractivity contribution in [3.05, 3.63) is 53.9 Å². The summed E-state index contributed by atoms with van der Waals surface area (Å²) in [5.41, 5.74) is 1.76. The molecule has 0 bridgehead atoms. The molecule has 2 aromatic rings. The Morgan fingerprint density at radius 1 is 1.29 bits per heavy atom. The normalized spacial score (nSPS) is 13.3. The minimum Gasteiger partial charge on any atom is -0.389 e. The average Bonchev–Trinajstić information content (AvgIpc) is 2.95. The lowest BCUT2D eigenvalue weighted by atomic mass is 10.0. The van der Waals surface area contributed by atoms with E-state index in [1.54, 1.807) is 4.68 Å². The molecule has 21 heavy (non-hydrogen) atoms. The Hall–Kier alpha value is -2.09. The molecule has 4 nitrogen and oxygen atoms in total. The van der Waals surface area contributed by atoms with E-state index in [0.717, 1.165) is 17.7 Å². The molecule has 2 rings (SSSR count). The zero-order valence-corrected chi connectivity index (χ0v) is 12.5. The Morgan fingerprint density at radius 2 is 2.05 bits per heavy atom. The van der Waals surface area contributed by atoms with Crippen LogP contribution in [0.4, 0.5) is 0 Å². The molecule has 0 saturated carbocycles. The molecule has 4 heteroatoms. The topological polar surface area (TPSA) is 50.1 Å². The summed E-state index contributed by atoms with van der Waals surface area (Å²) in [5.74, 6) is 6.02. The number of benzene rings is 1. The van der Waals surface area contributed by atoms with Gasteiger partial charge in [0.25, 0.3) is 0 Å². The summed E-state index contributed by atoms with van der Waals surface area (Å²) < 4.78 is 1.79. The second-order valence-electron chi connectivity index (χ2n) is 4.82. The summed E-state index contributed by atoms with van der Waals surface area (Å²) >= 11 is 0. The third kappa shape index (κ3) is 3.94. The smallest absolute Gasteiger partial charge is 0.135 e. The Kier molecular flexibility index (Phi) is 5.56. The highest BCUT2D eigenvalue weighted by Crippen LogP contribution is 2.21. The van der Waals surface area contributed by atoms with Crippen molar-refractivity contribution in [1.82, 2.24) is 15.1 Å². The lowest BCUT2D eigenvalue weighted by molar-refractivity contribution is 0.124. The fourth-order valence-electron chi connectivity index (χ4n) is 2.26. The average molecular weight is 283 g/mol. The van der Waals surface area contributed by atoms with Crippen molar-refractivity contribution < 1.29 is 5.11 Å². The molecule has 0 radical (unpaired) electrons. The number of aromatic nitrogens is 2. The lowest BCUT2D eigenvalue weighted by Crippen LogP contribution is -2.33. The predicted octanol–water partition coefficient (Wildman–Crippen LogP) is 1.81. The molecule has 2 atom stereocenters. The van der Waals surface area contributed by atoms with Gasteiger partial charge in [-0.25, -0.2) is 0 Å². The summed E-state index contributed by atoms with van der Waals surface area (Å²) in [6.07, 6.45) is 2.11. The van der Waals surface area contributed by atoms with Crippen LogP contribution in [0.2, 0.25) is 0 Å². The number of likely N-dealkylation sites (N-methyl/N-ethyl adjacent to an activating group) is 1. The van der Waals surface area contributed by atoms with Crippen LogP contribution >= 0.6 is 0 Å². The van der Waals surface area contributed by atoms with E-state index in [-0.39, 0.29) is 6.04 Å². The first-order valence-electron chi connectivity index (χ1n) is 7.18. The minimum absolute atomic E-state index is 0.226. The first-order valence-corrected chi connectivity index (χ1v) is 7.18. The summed E-state index contributed by atoms with van der Waals surface area (Å²) in [5, 5.41) is 17.9. The van der Waals surface area contributed by atoms with Crippen molar-refractivity contribution in [2.45, 2.75) is 25.5 Å². The standard InChI is InChI=1S/C17H21N3O/c1-3-4-10-15-11-12-20(19-15)17(16(21)13-18-2)14-8-6-5-7-9-14/h5-9,11-12,16-18,21H,3,13H2,1-2H3. The Morgan fingerprint density at radius 3 is 2.71 bits per heavy atom.